The SMILES string of the molecule is COc1ccc(OC)c([C@@H](C)NC(=O)[C@H]2CCCN(S(=O)(=O)Cc3ccc(Cl)cc3Cl)C2)c1. The number of hydrogen-bond donors (Lipinski definition) is 1. The predicted octanol–water partition coefficient (Wildman–Crippen LogP) is 4.43. The van der Waals surface area contributed by atoms with Crippen LogP contribution in [0.1, 0.15) is 36.9 Å². The number of sulfonamides is 1. The first-order valence-corrected chi connectivity index (χ1v) is 12.9. The Hall–Kier alpha value is -2.00. The lowest BCUT2D eigenvalue weighted by Gasteiger charge is -2.32. The number of halogens is 2. The van der Waals surface area contributed by atoms with Crippen molar-refractivity contribution in [3.8, 4) is 11.5 Å². The normalized spacial score (nSPS) is 17.9. The van der Waals surface area contributed by atoms with Gasteiger partial charge in [-0.25, -0.2) is 12.7 Å². The number of amides is 1. The van der Waals surface area contributed by atoms with Crippen molar-refractivity contribution in [2.45, 2.75) is 31.6 Å². The molecule has 1 amide bonds. The largest absolute Gasteiger partial charge is 0.497 e. The molecular weight excluding hydrogens is 487 g/mol. The molecule has 0 unspecified atom stereocenters. The standard InChI is InChI=1S/C23H28Cl2N2O5S/c1-15(20-12-19(31-2)8-9-22(20)32-3)26-23(28)16-5-4-10-27(13-16)33(29,30)14-17-6-7-18(24)11-21(17)25/h6-9,11-12,15-16H,4-5,10,13-14H2,1-3H3,(H,26,28)/t15-,16+/m1/s1. The summed E-state index contributed by atoms with van der Waals surface area (Å²) in [6.07, 6.45) is 1.21. The quantitative estimate of drug-likeness (QED) is 0.563. The number of rotatable bonds is 8. The monoisotopic (exact) mass is 514 g/mol. The molecule has 7 nitrogen and oxygen atoms in total. The topological polar surface area (TPSA) is 84.9 Å². The Morgan fingerprint density at radius 2 is 1.94 bits per heavy atom. The molecule has 0 aliphatic carbocycles. The van der Waals surface area contributed by atoms with Crippen molar-refractivity contribution in [2.24, 2.45) is 5.92 Å². The van der Waals surface area contributed by atoms with Gasteiger partial charge < -0.3 is 14.8 Å². The number of hydrogen-bond acceptors (Lipinski definition) is 5. The summed E-state index contributed by atoms with van der Waals surface area (Å²) in [6, 6.07) is 9.79. The maximum Gasteiger partial charge on any atom is 0.224 e. The molecule has 1 aliphatic rings. The van der Waals surface area contributed by atoms with Crippen molar-refractivity contribution in [3.05, 3.63) is 57.6 Å². The van der Waals surface area contributed by atoms with E-state index in [1.165, 1.54) is 10.4 Å². The van der Waals surface area contributed by atoms with E-state index in [-0.39, 0.29) is 24.2 Å². The Kier molecular flexibility index (Phi) is 8.50. The lowest BCUT2D eigenvalue weighted by atomic mass is 9.97. The first-order chi connectivity index (χ1) is 15.6. The maximum atomic E-state index is 13.0. The lowest BCUT2D eigenvalue weighted by Crippen LogP contribution is -2.46. The molecule has 2 aromatic carbocycles. The molecular formula is C23H28Cl2N2O5S. The van der Waals surface area contributed by atoms with Gasteiger partial charge in [0.1, 0.15) is 11.5 Å². The van der Waals surface area contributed by atoms with Gasteiger partial charge in [-0.05, 0) is 55.7 Å². The molecule has 0 radical (unpaired) electrons. The molecule has 180 valence electrons. The molecule has 10 heteroatoms. The minimum atomic E-state index is -3.65. The fraction of sp³-hybridized carbons (Fsp3) is 0.435. The second-order valence-electron chi connectivity index (χ2n) is 8.03. The number of piperidine rings is 1. The molecule has 1 saturated heterocycles. The summed E-state index contributed by atoms with van der Waals surface area (Å²) in [5.74, 6) is 0.401. The number of nitrogens with zero attached hydrogens (tertiary/aromatic N) is 1. The van der Waals surface area contributed by atoms with Gasteiger partial charge in [0.15, 0.2) is 0 Å². The fourth-order valence-corrected chi connectivity index (χ4v) is 6.12. The molecule has 1 heterocycles. The second-order valence-corrected chi connectivity index (χ2v) is 10.8. The van der Waals surface area contributed by atoms with Crippen molar-refractivity contribution in [3.63, 3.8) is 0 Å². The smallest absolute Gasteiger partial charge is 0.224 e. The third-order valence-electron chi connectivity index (χ3n) is 5.76. The zero-order valence-electron chi connectivity index (χ0n) is 18.8. The van der Waals surface area contributed by atoms with Crippen LogP contribution in [0.25, 0.3) is 0 Å². The second kappa shape index (κ2) is 11.0. The van der Waals surface area contributed by atoms with E-state index in [1.54, 1.807) is 38.5 Å². The van der Waals surface area contributed by atoms with Crippen LogP contribution in [0.3, 0.4) is 0 Å². The van der Waals surface area contributed by atoms with Crippen LogP contribution in [0.5, 0.6) is 11.5 Å². The van der Waals surface area contributed by atoms with Crippen LogP contribution >= 0.6 is 23.2 Å². The van der Waals surface area contributed by atoms with Gasteiger partial charge in [0, 0.05) is 28.7 Å². The van der Waals surface area contributed by atoms with Gasteiger partial charge >= 0.3 is 0 Å². The lowest BCUT2D eigenvalue weighted by molar-refractivity contribution is -0.126. The van der Waals surface area contributed by atoms with Crippen LogP contribution in [0.4, 0.5) is 0 Å². The number of benzene rings is 2. The minimum Gasteiger partial charge on any atom is -0.497 e. The van der Waals surface area contributed by atoms with Crippen molar-refractivity contribution >= 4 is 39.1 Å². The van der Waals surface area contributed by atoms with Crippen LogP contribution in [0.2, 0.25) is 10.0 Å². The number of nitrogens with one attached hydrogen (secondary N) is 1. The van der Waals surface area contributed by atoms with Gasteiger partial charge in [-0.1, -0.05) is 29.3 Å². The minimum absolute atomic E-state index is 0.126. The van der Waals surface area contributed by atoms with E-state index in [0.29, 0.717) is 46.5 Å². The third-order valence-corrected chi connectivity index (χ3v) is 8.14. The summed E-state index contributed by atoms with van der Waals surface area (Å²) in [7, 11) is -0.511. The van der Waals surface area contributed by atoms with E-state index in [1.807, 2.05) is 13.0 Å². The van der Waals surface area contributed by atoms with Crippen LogP contribution in [0, 0.1) is 5.92 Å². The van der Waals surface area contributed by atoms with Crippen molar-refractivity contribution < 1.29 is 22.7 Å². The van der Waals surface area contributed by atoms with Crippen molar-refractivity contribution in [1.82, 2.24) is 9.62 Å². The number of ether oxygens (including phenoxy) is 2. The summed E-state index contributed by atoms with van der Waals surface area (Å²) >= 11 is 12.1. The molecule has 1 fully saturated rings. The van der Waals surface area contributed by atoms with Gasteiger partial charge in [0.2, 0.25) is 15.9 Å². The van der Waals surface area contributed by atoms with Gasteiger partial charge in [-0.2, -0.15) is 0 Å². The zero-order chi connectivity index (χ0) is 24.2. The molecule has 0 saturated carbocycles. The van der Waals surface area contributed by atoms with E-state index >= 15 is 0 Å². The molecule has 0 bridgehead atoms. The summed E-state index contributed by atoms with van der Waals surface area (Å²) in [6.45, 7) is 2.35. The van der Waals surface area contributed by atoms with Gasteiger partial charge in [0.25, 0.3) is 0 Å². The summed E-state index contributed by atoms with van der Waals surface area (Å²) in [5, 5.41) is 3.74. The van der Waals surface area contributed by atoms with Crippen molar-refractivity contribution in [1.29, 1.82) is 0 Å². The van der Waals surface area contributed by atoms with Crippen LogP contribution < -0.4 is 14.8 Å². The van der Waals surface area contributed by atoms with E-state index in [2.05, 4.69) is 5.32 Å². The van der Waals surface area contributed by atoms with E-state index < -0.39 is 15.9 Å². The highest BCUT2D eigenvalue weighted by molar-refractivity contribution is 7.88. The Bertz CT molecular complexity index is 1110. The Labute approximate surface area is 205 Å². The fourth-order valence-electron chi connectivity index (χ4n) is 3.92. The molecule has 1 N–H and O–H groups in total. The molecule has 1 aliphatic heterocycles. The molecule has 2 aromatic rings. The number of methoxy groups -OCH3 is 2. The molecule has 2 atom stereocenters. The summed E-state index contributed by atoms with van der Waals surface area (Å²) in [4.78, 5) is 13.0. The highest BCUT2D eigenvalue weighted by atomic mass is 35.5. The molecule has 0 aromatic heterocycles. The van der Waals surface area contributed by atoms with E-state index in [0.717, 1.165) is 5.56 Å². The Balaban J connectivity index is 1.69. The highest BCUT2D eigenvalue weighted by Crippen LogP contribution is 2.30. The number of carbonyl (C=O) groups excluding carboxylic acids is 1. The van der Waals surface area contributed by atoms with Gasteiger partial charge in [-0.15, -0.1) is 0 Å². The van der Waals surface area contributed by atoms with Gasteiger partial charge in [-0.3, -0.25) is 4.79 Å². The maximum absolute atomic E-state index is 13.0. The first-order valence-electron chi connectivity index (χ1n) is 10.6. The van der Waals surface area contributed by atoms with Crippen LogP contribution in [-0.4, -0.2) is 45.9 Å². The average Bonchev–Trinajstić information content (AvgIpc) is 2.80. The number of carbonyl (C=O) groups is 1. The third kappa shape index (κ3) is 6.32. The van der Waals surface area contributed by atoms with Crippen LogP contribution in [-0.2, 0) is 20.6 Å². The van der Waals surface area contributed by atoms with Crippen LogP contribution in [0.15, 0.2) is 36.4 Å². The van der Waals surface area contributed by atoms with E-state index in [9.17, 15) is 13.2 Å². The molecule has 3 rings (SSSR count). The zero-order valence-corrected chi connectivity index (χ0v) is 21.1. The highest BCUT2D eigenvalue weighted by Gasteiger charge is 2.33. The summed E-state index contributed by atoms with van der Waals surface area (Å²) in [5.41, 5.74) is 1.26. The predicted molar refractivity (Wildman–Crippen MR) is 129 cm³/mol. The Morgan fingerprint density at radius 1 is 1.18 bits per heavy atom. The van der Waals surface area contributed by atoms with E-state index in [4.69, 9.17) is 32.7 Å². The first kappa shape index (κ1) is 25.6. The van der Waals surface area contributed by atoms with Crippen molar-refractivity contribution in [2.75, 3.05) is 27.3 Å². The average molecular weight is 515 g/mol. The van der Waals surface area contributed by atoms with Gasteiger partial charge in [0.05, 0.1) is 31.9 Å². The summed E-state index contributed by atoms with van der Waals surface area (Å²) < 4.78 is 38.1. The molecule has 33 heavy (non-hydrogen) atoms. The Morgan fingerprint density at radius 3 is 2.61 bits per heavy atom. The molecule has 0 spiro atoms.